The molecule has 1 rings (SSSR count). The van der Waals surface area contributed by atoms with Crippen molar-refractivity contribution in [3.05, 3.63) is 12.2 Å². The van der Waals surface area contributed by atoms with Crippen molar-refractivity contribution < 1.29 is 62.8 Å². The summed E-state index contributed by atoms with van der Waals surface area (Å²) in [4.78, 5) is 47.5. The van der Waals surface area contributed by atoms with Crippen LogP contribution in [0.15, 0.2) is 12.2 Å². The van der Waals surface area contributed by atoms with Crippen LogP contribution in [-0.4, -0.2) is 93.9 Å². The fraction of sp³-hybridized carbons (Fsp3) is 0.868. The smallest absolute Gasteiger partial charge is 0.462 e. The fourth-order valence-corrected chi connectivity index (χ4v) is 6.92. The Morgan fingerprint density at radius 1 is 0.846 bits per heavy atom. The Balaban J connectivity index is 2.49. The summed E-state index contributed by atoms with van der Waals surface area (Å²) in [6, 6.07) is 0. The summed E-state index contributed by atoms with van der Waals surface area (Å²) in [5.41, 5.74) is 0. The van der Waals surface area contributed by atoms with Crippen molar-refractivity contribution in [1.82, 2.24) is 0 Å². The molecule has 0 radical (unpaired) electrons. The van der Waals surface area contributed by atoms with Gasteiger partial charge in [0.2, 0.25) is 0 Å². The molecule has 0 aliphatic heterocycles. The largest absolute Gasteiger partial charge is 0.472 e. The van der Waals surface area contributed by atoms with Gasteiger partial charge in [0.15, 0.2) is 6.10 Å². The maximum atomic E-state index is 12.5. The van der Waals surface area contributed by atoms with Gasteiger partial charge in [0.1, 0.15) is 18.5 Å². The predicted molar refractivity (Wildman–Crippen MR) is 197 cm³/mol. The molecular weight excluding hydrogens is 695 g/mol. The van der Waals surface area contributed by atoms with Gasteiger partial charge in [-0.1, -0.05) is 110 Å². The normalized spacial score (nSPS) is 20.6. The van der Waals surface area contributed by atoms with Crippen molar-refractivity contribution in [3.8, 4) is 0 Å². The Morgan fingerprint density at radius 3 is 2.10 bits per heavy atom. The van der Waals surface area contributed by atoms with Crippen LogP contribution in [0.5, 0.6) is 0 Å². The molecule has 7 atom stereocenters. The number of ketones is 1. The number of hydrogen-bond acceptors (Lipinski definition) is 12. The van der Waals surface area contributed by atoms with E-state index in [-0.39, 0.29) is 36.9 Å². The van der Waals surface area contributed by atoms with Crippen LogP contribution in [0.4, 0.5) is 0 Å². The number of aliphatic hydroxyl groups excluding tert-OH is 4. The van der Waals surface area contributed by atoms with Crippen LogP contribution in [0, 0.1) is 17.8 Å². The number of carbonyl (C=O) groups excluding carboxylic acids is 3. The van der Waals surface area contributed by atoms with Crippen LogP contribution in [0.25, 0.3) is 0 Å². The van der Waals surface area contributed by atoms with E-state index < -0.39 is 70.6 Å². The quantitative estimate of drug-likeness (QED) is 0.0227. The van der Waals surface area contributed by atoms with Crippen molar-refractivity contribution in [2.24, 2.45) is 17.8 Å². The van der Waals surface area contributed by atoms with Gasteiger partial charge in [-0.2, -0.15) is 0 Å². The number of phosphoric acid groups is 1. The second kappa shape index (κ2) is 28.7. The molecule has 1 aliphatic carbocycles. The SMILES string of the molecule is CCCCC[C@H](O)/C=C/[C@H]1[C@H](O)CC(=O)[C@@H]1CCCCCCC(=O)OC[C@H](COP(=O)(O)OC[C@@H](O)CO)OC(=O)CCCCCCCCC(C)C. The number of unbranched alkanes of at least 4 members (excludes halogenated alkanes) is 10. The van der Waals surface area contributed by atoms with E-state index in [1.54, 1.807) is 12.2 Å². The van der Waals surface area contributed by atoms with Crippen LogP contribution < -0.4 is 0 Å². The third kappa shape index (κ3) is 23.9. The van der Waals surface area contributed by atoms with Gasteiger partial charge in [-0.25, -0.2) is 4.57 Å². The molecular formula is C38H69O13P. The highest BCUT2D eigenvalue weighted by Crippen LogP contribution is 2.43. The molecule has 304 valence electrons. The van der Waals surface area contributed by atoms with Crippen LogP contribution in [-0.2, 0) is 37.5 Å². The van der Waals surface area contributed by atoms with E-state index >= 15 is 0 Å². The summed E-state index contributed by atoms with van der Waals surface area (Å²) >= 11 is 0. The van der Waals surface area contributed by atoms with Gasteiger partial charge in [0.25, 0.3) is 0 Å². The van der Waals surface area contributed by atoms with E-state index in [4.69, 9.17) is 19.1 Å². The van der Waals surface area contributed by atoms with Crippen molar-refractivity contribution in [2.75, 3.05) is 26.4 Å². The average molecular weight is 765 g/mol. The number of hydrogen-bond donors (Lipinski definition) is 5. The predicted octanol–water partition coefficient (Wildman–Crippen LogP) is 6.11. The summed E-state index contributed by atoms with van der Waals surface area (Å²) < 4.78 is 32.5. The number of carbonyl (C=O) groups is 3. The Hall–Kier alpha value is -1.70. The van der Waals surface area contributed by atoms with Gasteiger partial charge in [0, 0.05) is 31.1 Å². The maximum absolute atomic E-state index is 12.5. The molecule has 0 aromatic rings. The van der Waals surface area contributed by atoms with Gasteiger partial charge in [-0.05, 0) is 31.6 Å². The average Bonchev–Trinajstić information content (AvgIpc) is 3.37. The van der Waals surface area contributed by atoms with Gasteiger partial charge in [-0.15, -0.1) is 0 Å². The molecule has 0 heterocycles. The first-order valence-corrected chi connectivity index (χ1v) is 21.1. The van der Waals surface area contributed by atoms with Gasteiger partial charge in [-0.3, -0.25) is 23.4 Å². The molecule has 1 fully saturated rings. The van der Waals surface area contributed by atoms with E-state index in [1.807, 2.05) is 0 Å². The summed E-state index contributed by atoms with van der Waals surface area (Å²) in [7, 11) is -4.67. The summed E-state index contributed by atoms with van der Waals surface area (Å²) in [6.45, 7) is 4.19. The number of ether oxygens (including phenoxy) is 2. The third-order valence-corrected chi connectivity index (χ3v) is 10.2. The Kier molecular flexibility index (Phi) is 26.7. The molecule has 0 bridgehead atoms. The summed E-state index contributed by atoms with van der Waals surface area (Å²) in [5.74, 6) is -0.967. The van der Waals surface area contributed by atoms with E-state index in [2.05, 4.69) is 25.3 Å². The van der Waals surface area contributed by atoms with Crippen molar-refractivity contribution in [1.29, 1.82) is 0 Å². The van der Waals surface area contributed by atoms with Gasteiger partial charge >= 0.3 is 19.8 Å². The lowest BCUT2D eigenvalue weighted by atomic mass is 9.88. The minimum absolute atomic E-state index is 0.0322. The van der Waals surface area contributed by atoms with E-state index in [0.29, 0.717) is 38.0 Å². The molecule has 5 N–H and O–H groups in total. The first-order valence-electron chi connectivity index (χ1n) is 19.6. The van der Waals surface area contributed by atoms with Crippen LogP contribution in [0.2, 0.25) is 0 Å². The highest BCUT2D eigenvalue weighted by atomic mass is 31.2. The van der Waals surface area contributed by atoms with Crippen molar-refractivity contribution in [3.63, 3.8) is 0 Å². The van der Waals surface area contributed by atoms with Gasteiger partial charge in [0.05, 0.1) is 32.0 Å². The number of phosphoric ester groups is 1. The van der Waals surface area contributed by atoms with E-state index in [9.17, 15) is 39.2 Å². The number of rotatable bonds is 32. The minimum Gasteiger partial charge on any atom is -0.462 e. The Bertz CT molecular complexity index is 1050. The lowest BCUT2D eigenvalue weighted by molar-refractivity contribution is -0.161. The second-order valence-corrected chi connectivity index (χ2v) is 16.0. The fourth-order valence-electron chi connectivity index (χ4n) is 6.13. The highest BCUT2D eigenvalue weighted by molar-refractivity contribution is 7.47. The summed E-state index contributed by atoms with van der Waals surface area (Å²) in [6.07, 6.45) is 14.2. The topological polar surface area (TPSA) is 206 Å². The zero-order chi connectivity index (χ0) is 38.8. The molecule has 0 aromatic heterocycles. The molecule has 1 aliphatic rings. The van der Waals surface area contributed by atoms with Crippen LogP contribution in [0.3, 0.4) is 0 Å². The monoisotopic (exact) mass is 764 g/mol. The molecule has 0 spiro atoms. The maximum Gasteiger partial charge on any atom is 0.472 e. The molecule has 0 amide bonds. The zero-order valence-electron chi connectivity index (χ0n) is 31.9. The standard InChI is InChI=1S/C38H69O13P/c1-4-5-12-18-30(40)22-23-34-33(35(42)24-36(34)43)19-14-10-11-15-20-37(44)48-27-32(28-50-52(46,47)49-26-31(41)25-39)51-38(45)21-16-9-7-6-8-13-17-29(2)3/h22-23,29-34,36,39-41,43H,4-21,24-28H2,1-3H3,(H,46,47)/b23-22+/t30-,31-,32+,33+,34+,36+/m0/s1. The molecule has 13 nitrogen and oxygen atoms in total. The van der Waals surface area contributed by atoms with Crippen LogP contribution >= 0.6 is 7.82 Å². The zero-order valence-corrected chi connectivity index (χ0v) is 32.8. The summed E-state index contributed by atoms with van der Waals surface area (Å²) in [5, 5.41) is 38.9. The number of Topliss-reactive ketones (excluding diaryl/α,β-unsaturated/α-hetero) is 1. The van der Waals surface area contributed by atoms with Crippen molar-refractivity contribution >= 4 is 25.5 Å². The Morgan fingerprint density at radius 2 is 1.44 bits per heavy atom. The first-order chi connectivity index (χ1) is 24.8. The molecule has 14 heteroatoms. The molecule has 0 saturated heterocycles. The number of esters is 2. The number of aliphatic hydroxyl groups is 4. The van der Waals surface area contributed by atoms with Crippen LogP contribution in [0.1, 0.15) is 143 Å². The minimum atomic E-state index is -4.67. The molecule has 0 aromatic carbocycles. The lowest BCUT2D eigenvalue weighted by Gasteiger charge is -2.20. The van der Waals surface area contributed by atoms with Crippen molar-refractivity contribution in [2.45, 2.75) is 167 Å². The van der Waals surface area contributed by atoms with E-state index in [0.717, 1.165) is 57.8 Å². The second-order valence-electron chi connectivity index (χ2n) is 14.6. The lowest BCUT2D eigenvalue weighted by Crippen LogP contribution is -2.29. The molecule has 1 saturated carbocycles. The van der Waals surface area contributed by atoms with E-state index in [1.165, 1.54) is 12.8 Å². The molecule has 1 unspecified atom stereocenters. The first kappa shape index (κ1) is 48.3. The molecule has 52 heavy (non-hydrogen) atoms. The third-order valence-electron chi connectivity index (χ3n) is 9.24. The highest BCUT2D eigenvalue weighted by Gasteiger charge is 2.39. The Labute approximate surface area is 311 Å². The van der Waals surface area contributed by atoms with Gasteiger partial charge < -0.3 is 34.8 Å².